The molecule has 0 unspecified atom stereocenters. The topological polar surface area (TPSA) is 20.2 Å². The Balaban J connectivity index is 0.000000407. The number of rotatable bonds is 6. The molecule has 2 aliphatic rings. The second-order valence-corrected chi connectivity index (χ2v) is 7.04. The highest BCUT2D eigenvalue weighted by atomic mass is 16.3. The highest BCUT2D eigenvalue weighted by Gasteiger charge is 2.20. The van der Waals surface area contributed by atoms with Crippen LogP contribution in [0.1, 0.15) is 105 Å². The highest BCUT2D eigenvalue weighted by Crippen LogP contribution is 2.31. The van der Waals surface area contributed by atoms with Gasteiger partial charge in [0.15, 0.2) is 0 Å². The molecule has 0 spiro atoms. The molecule has 0 atom stereocenters. The number of aliphatic hydroxyl groups excluding tert-OH is 1. The first kappa shape index (κ1) is 22.4. The fraction of sp³-hybridized carbons (Fsp3) is 0.818. The zero-order valence-corrected chi connectivity index (χ0v) is 16.3. The van der Waals surface area contributed by atoms with Crippen LogP contribution in [-0.2, 0) is 0 Å². The van der Waals surface area contributed by atoms with Gasteiger partial charge >= 0.3 is 0 Å². The lowest BCUT2D eigenvalue weighted by molar-refractivity contribution is 0.108. The number of hydrogen-bond acceptors (Lipinski definition) is 1. The van der Waals surface area contributed by atoms with Crippen molar-refractivity contribution in [3.8, 4) is 0 Å². The third-order valence-corrected chi connectivity index (χ3v) is 4.67. The van der Waals surface area contributed by atoms with Gasteiger partial charge in [-0.3, -0.25) is 0 Å². The minimum Gasteiger partial charge on any atom is -0.393 e. The lowest BCUT2D eigenvalue weighted by Gasteiger charge is -2.25. The molecule has 0 heterocycles. The number of hydrogen-bond donors (Lipinski definition) is 1. The molecule has 1 fully saturated rings. The average molecular weight is 323 g/mol. The quantitative estimate of drug-likeness (QED) is 0.512. The number of allylic oxidation sites excluding steroid dienone is 4. The number of unbranched alkanes of at least 4 members (excludes halogenated alkanes) is 4. The van der Waals surface area contributed by atoms with E-state index in [-0.39, 0.29) is 6.10 Å². The van der Waals surface area contributed by atoms with E-state index in [0.29, 0.717) is 0 Å². The van der Waals surface area contributed by atoms with Crippen LogP contribution in [0.3, 0.4) is 0 Å². The molecule has 0 aromatic carbocycles. The van der Waals surface area contributed by atoms with Crippen LogP contribution in [0.5, 0.6) is 0 Å². The van der Waals surface area contributed by atoms with E-state index in [4.69, 9.17) is 0 Å². The summed E-state index contributed by atoms with van der Waals surface area (Å²) in [6.07, 6.45) is 21.7. The first-order chi connectivity index (χ1) is 11.2. The van der Waals surface area contributed by atoms with Gasteiger partial charge in [-0.2, -0.15) is 0 Å². The van der Waals surface area contributed by atoms with Crippen LogP contribution in [0.4, 0.5) is 0 Å². The Morgan fingerprint density at radius 3 is 1.83 bits per heavy atom. The lowest BCUT2D eigenvalue weighted by atomic mass is 9.83. The van der Waals surface area contributed by atoms with Gasteiger partial charge < -0.3 is 5.11 Å². The van der Waals surface area contributed by atoms with E-state index >= 15 is 0 Å². The molecule has 0 bridgehead atoms. The molecular weight excluding hydrogens is 280 g/mol. The molecule has 136 valence electrons. The van der Waals surface area contributed by atoms with Crippen LogP contribution in [0.15, 0.2) is 23.8 Å². The summed E-state index contributed by atoms with van der Waals surface area (Å²) < 4.78 is 0. The average Bonchev–Trinajstić information content (AvgIpc) is 3.09. The molecule has 2 aliphatic carbocycles. The Kier molecular flexibility index (Phi) is 15.9. The van der Waals surface area contributed by atoms with Gasteiger partial charge in [0.1, 0.15) is 0 Å². The van der Waals surface area contributed by atoms with Gasteiger partial charge in [-0.25, -0.2) is 0 Å². The second kappa shape index (κ2) is 16.3. The third-order valence-electron chi connectivity index (χ3n) is 4.67. The summed E-state index contributed by atoms with van der Waals surface area (Å²) in [6.45, 7) is 8.82. The minimum absolute atomic E-state index is 0.00747. The largest absolute Gasteiger partial charge is 0.393 e. The summed E-state index contributed by atoms with van der Waals surface area (Å²) in [5.41, 5.74) is 1.58. The maximum atomic E-state index is 9.36. The van der Waals surface area contributed by atoms with Gasteiger partial charge in [0.2, 0.25) is 0 Å². The van der Waals surface area contributed by atoms with Gasteiger partial charge in [-0.05, 0) is 44.4 Å². The van der Waals surface area contributed by atoms with Crippen molar-refractivity contribution in [3.05, 3.63) is 23.8 Å². The van der Waals surface area contributed by atoms with Crippen molar-refractivity contribution < 1.29 is 5.11 Å². The predicted octanol–water partition coefficient (Wildman–Crippen LogP) is 7.21. The zero-order chi connectivity index (χ0) is 17.3. The summed E-state index contributed by atoms with van der Waals surface area (Å²) in [5, 5.41) is 9.36. The molecule has 1 heteroatoms. The molecule has 1 nitrogen and oxygen atoms in total. The lowest BCUT2D eigenvalue weighted by Crippen LogP contribution is -2.18. The zero-order valence-electron chi connectivity index (χ0n) is 16.3. The smallest absolute Gasteiger partial charge is 0.0540 e. The summed E-state index contributed by atoms with van der Waals surface area (Å²) in [4.78, 5) is 0. The summed E-state index contributed by atoms with van der Waals surface area (Å²) in [7, 11) is 0. The molecule has 0 aromatic heterocycles. The van der Waals surface area contributed by atoms with Crippen LogP contribution in [-0.4, -0.2) is 11.2 Å². The predicted molar refractivity (Wildman–Crippen MR) is 105 cm³/mol. The molecule has 1 N–H and O–H groups in total. The van der Waals surface area contributed by atoms with E-state index < -0.39 is 0 Å². The monoisotopic (exact) mass is 322 g/mol. The van der Waals surface area contributed by atoms with E-state index in [0.717, 1.165) is 18.8 Å². The van der Waals surface area contributed by atoms with Crippen molar-refractivity contribution in [2.24, 2.45) is 5.92 Å². The summed E-state index contributed by atoms with van der Waals surface area (Å²) in [5.74, 6) is 0.842. The summed E-state index contributed by atoms with van der Waals surface area (Å²) in [6, 6.07) is 0. The molecule has 0 radical (unpaired) electrons. The maximum Gasteiger partial charge on any atom is 0.0540 e. The van der Waals surface area contributed by atoms with Gasteiger partial charge in [0, 0.05) is 0 Å². The van der Waals surface area contributed by atoms with Crippen LogP contribution < -0.4 is 0 Å². The van der Waals surface area contributed by atoms with E-state index in [2.05, 4.69) is 45.9 Å². The van der Waals surface area contributed by atoms with Gasteiger partial charge in [0.05, 0.1) is 6.10 Å². The molecule has 1 saturated carbocycles. The maximum absolute atomic E-state index is 9.36. The minimum atomic E-state index is -0.00747. The second-order valence-electron chi connectivity index (χ2n) is 7.04. The van der Waals surface area contributed by atoms with Crippen molar-refractivity contribution in [1.29, 1.82) is 0 Å². The van der Waals surface area contributed by atoms with Crippen LogP contribution in [0.2, 0.25) is 0 Å². The van der Waals surface area contributed by atoms with E-state index in [1.54, 1.807) is 5.57 Å². The highest BCUT2D eigenvalue weighted by molar-refractivity contribution is 5.23. The normalized spacial score (nSPS) is 22.6. The standard InChI is InChI=1S/C12H18O.C6H14.C4H10/c13-12-7-5-11(6-8-12)9-10-3-1-2-4-10;1-3-5-6-4-2;1-3-4-2/h1-3,11-13H,4-9H2;3-6H2,1-2H3;3-4H2,1-2H3. The van der Waals surface area contributed by atoms with Crippen LogP contribution in [0, 0.1) is 5.92 Å². The van der Waals surface area contributed by atoms with E-state index in [1.807, 2.05) is 0 Å². The Labute approximate surface area is 146 Å². The Bertz CT molecular complexity index is 289. The van der Waals surface area contributed by atoms with E-state index in [1.165, 1.54) is 64.2 Å². The Morgan fingerprint density at radius 1 is 0.870 bits per heavy atom. The fourth-order valence-corrected chi connectivity index (χ4v) is 2.86. The molecule has 23 heavy (non-hydrogen) atoms. The Hall–Kier alpha value is -0.560. The molecule has 2 rings (SSSR count). The SMILES string of the molecule is CCCC.CCCCCC.OC1CCC(CC2=CC=CC2)CC1. The summed E-state index contributed by atoms with van der Waals surface area (Å²) >= 11 is 0. The molecule has 0 amide bonds. The van der Waals surface area contributed by atoms with Crippen molar-refractivity contribution in [2.75, 3.05) is 0 Å². The first-order valence-electron chi connectivity index (χ1n) is 10.2. The van der Waals surface area contributed by atoms with Crippen molar-refractivity contribution >= 4 is 0 Å². The van der Waals surface area contributed by atoms with Gasteiger partial charge in [-0.1, -0.05) is 90.0 Å². The molecule has 0 aliphatic heterocycles. The van der Waals surface area contributed by atoms with E-state index in [9.17, 15) is 5.11 Å². The van der Waals surface area contributed by atoms with Crippen molar-refractivity contribution in [3.63, 3.8) is 0 Å². The number of aliphatic hydroxyl groups is 1. The van der Waals surface area contributed by atoms with Crippen LogP contribution >= 0.6 is 0 Å². The van der Waals surface area contributed by atoms with Gasteiger partial charge in [0.25, 0.3) is 0 Å². The molecule has 0 saturated heterocycles. The first-order valence-corrected chi connectivity index (χ1v) is 10.2. The van der Waals surface area contributed by atoms with Crippen molar-refractivity contribution in [2.45, 2.75) is 111 Å². The fourth-order valence-electron chi connectivity index (χ4n) is 2.86. The molecule has 0 aromatic rings. The molecular formula is C22H42O. The van der Waals surface area contributed by atoms with Gasteiger partial charge in [-0.15, -0.1) is 0 Å². The van der Waals surface area contributed by atoms with Crippen LogP contribution in [0.25, 0.3) is 0 Å². The van der Waals surface area contributed by atoms with Crippen molar-refractivity contribution in [1.82, 2.24) is 0 Å². The third kappa shape index (κ3) is 13.6. The Morgan fingerprint density at radius 2 is 1.43 bits per heavy atom.